The summed E-state index contributed by atoms with van der Waals surface area (Å²) in [6.07, 6.45) is -1.57. The van der Waals surface area contributed by atoms with E-state index < -0.39 is 30.6 Å². The quantitative estimate of drug-likeness (QED) is 0.104. The SMILES string of the molecule is Cc1c(-c2c(-c3ccc(F)cc3)cn3nccc(OC(Cc4ccccc4OCc4ccnn4CC(F)(F)F)C(=O)O)c23)ccc(OCCN2CCN(C)CC2)c1Cl. The Hall–Kier alpha value is -5.64. The van der Waals surface area contributed by atoms with E-state index in [2.05, 4.69) is 27.0 Å². The molecule has 6 aromatic rings. The van der Waals surface area contributed by atoms with Gasteiger partial charge >= 0.3 is 12.1 Å². The van der Waals surface area contributed by atoms with Crippen molar-refractivity contribution in [1.82, 2.24) is 29.2 Å². The minimum Gasteiger partial charge on any atom is -0.491 e. The molecule has 1 aliphatic rings. The molecule has 1 unspecified atom stereocenters. The second-order valence-electron chi connectivity index (χ2n) is 14.1. The van der Waals surface area contributed by atoms with E-state index >= 15 is 0 Å². The first-order chi connectivity index (χ1) is 27.8. The van der Waals surface area contributed by atoms with Crippen molar-refractivity contribution in [2.24, 2.45) is 0 Å². The van der Waals surface area contributed by atoms with Crippen molar-refractivity contribution in [2.45, 2.75) is 38.8 Å². The van der Waals surface area contributed by atoms with Crippen LogP contribution >= 0.6 is 11.6 Å². The Morgan fingerprint density at radius 1 is 0.897 bits per heavy atom. The van der Waals surface area contributed by atoms with Gasteiger partial charge in [-0.2, -0.15) is 23.4 Å². The maximum absolute atomic E-state index is 14.1. The van der Waals surface area contributed by atoms with Gasteiger partial charge in [0.1, 0.15) is 48.3 Å². The molecule has 1 aliphatic heterocycles. The van der Waals surface area contributed by atoms with E-state index in [1.807, 2.05) is 13.0 Å². The third kappa shape index (κ3) is 9.38. The van der Waals surface area contributed by atoms with E-state index in [1.165, 1.54) is 30.6 Å². The average molecular weight is 821 g/mol. The highest BCUT2D eigenvalue weighted by Crippen LogP contribution is 2.45. The molecule has 304 valence electrons. The number of alkyl halides is 3. The van der Waals surface area contributed by atoms with Gasteiger partial charge in [-0.1, -0.05) is 48.0 Å². The lowest BCUT2D eigenvalue weighted by atomic mass is 9.94. The summed E-state index contributed by atoms with van der Waals surface area (Å²) in [6, 6.07) is 19.3. The number of aromatic nitrogens is 4. The van der Waals surface area contributed by atoms with Gasteiger partial charge in [-0.05, 0) is 66.6 Å². The Labute approximate surface area is 336 Å². The zero-order chi connectivity index (χ0) is 41.0. The van der Waals surface area contributed by atoms with Gasteiger partial charge in [-0.15, -0.1) is 0 Å². The molecule has 0 amide bonds. The predicted molar refractivity (Wildman–Crippen MR) is 210 cm³/mol. The van der Waals surface area contributed by atoms with Crippen LogP contribution in [0.3, 0.4) is 0 Å². The standard InChI is InChI=1S/C42H41ClF4N6O5/c1-27-32(11-12-35(39(27)43)56-22-21-51-19-17-50(2)18-20-51)38-33(28-7-9-30(44)10-8-28)24-52-40(38)36(14-16-48-52)58-37(41(54)55)23-29-5-3-4-6-34(29)57-25-31-13-15-49-53(31)26-42(45,46)47/h3-16,24,37H,17-23,25-26H2,1-2H3,(H,54,55). The molecular weight excluding hydrogens is 780 g/mol. The summed E-state index contributed by atoms with van der Waals surface area (Å²) >= 11 is 7.00. The molecule has 0 spiro atoms. The smallest absolute Gasteiger partial charge is 0.408 e. The van der Waals surface area contributed by atoms with Gasteiger partial charge in [-0.25, -0.2) is 13.7 Å². The van der Waals surface area contributed by atoms with Crippen molar-refractivity contribution >= 4 is 23.1 Å². The van der Waals surface area contributed by atoms with Gasteiger partial charge in [0.15, 0.2) is 6.10 Å². The number of aliphatic carboxylic acids is 1. The molecule has 3 aromatic carbocycles. The van der Waals surface area contributed by atoms with Gasteiger partial charge in [0.05, 0.1) is 16.9 Å². The van der Waals surface area contributed by atoms with E-state index in [0.717, 1.165) is 37.4 Å². The van der Waals surface area contributed by atoms with Crippen LogP contribution in [0.15, 0.2) is 91.4 Å². The van der Waals surface area contributed by atoms with Crippen LogP contribution in [0, 0.1) is 12.7 Å². The summed E-state index contributed by atoms with van der Waals surface area (Å²) < 4.78 is 74.2. The lowest BCUT2D eigenvalue weighted by Crippen LogP contribution is -2.45. The summed E-state index contributed by atoms with van der Waals surface area (Å²) in [5.74, 6) is -0.681. The number of halogens is 5. The lowest BCUT2D eigenvalue weighted by molar-refractivity contribution is -0.145. The Morgan fingerprint density at radius 2 is 1.64 bits per heavy atom. The first-order valence-corrected chi connectivity index (χ1v) is 19.0. The largest absolute Gasteiger partial charge is 0.491 e. The maximum atomic E-state index is 14.1. The van der Waals surface area contributed by atoms with E-state index in [-0.39, 0.29) is 30.2 Å². The molecule has 1 N–H and O–H groups in total. The zero-order valence-corrected chi connectivity index (χ0v) is 32.5. The van der Waals surface area contributed by atoms with Crippen LogP contribution in [0.4, 0.5) is 17.6 Å². The van der Waals surface area contributed by atoms with Crippen LogP contribution in [0.1, 0.15) is 16.8 Å². The van der Waals surface area contributed by atoms with Crippen molar-refractivity contribution in [3.05, 3.63) is 119 Å². The van der Waals surface area contributed by atoms with Gasteiger partial charge in [0.2, 0.25) is 0 Å². The first-order valence-electron chi connectivity index (χ1n) is 18.6. The van der Waals surface area contributed by atoms with Crippen LogP contribution < -0.4 is 14.2 Å². The second kappa shape index (κ2) is 17.5. The fraction of sp³-hybridized carbons (Fsp3) is 0.310. The summed E-state index contributed by atoms with van der Waals surface area (Å²) in [7, 11) is 2.11. The molecule has 0 saturated carbocycles. The number of rotatable bonds is 15. The number of para-hydroxylation sites is 1. The predicted octanol–water partition coefficient (Wildman–Crippen LogP) is 7.81. The fourth-order valence-corrected chi connectivity index (χ4v) is 7.20. The van der Waals surface area contributed by atoms with Gasteiger partial charge in [0, 0.05) is 68.7 Å². The van der Waals surface area contributed by atoms with E-state index in [1.54, 1.807) is 59.2 Å². The molecule has 0 aliphatic carbocycles. The van der Waals surface area contributed by atoms with Gasteiger partial charge in [-0.3, -0.25) is 9.58 Å². The van der Waals surface area contributed by atoms with E-state index in [4.69, 9.17) is 25.8 Å². The molecule has 1 atom stereocenters. The monoisotopic (exact) mass is 820 g/mol. The number of likely N-dealkylation sites (N-methyl/N-ethyl adjacent to an activating group) is 1. The Kier molecular flexibility index (Phi) is 12.2. The molecule has 4 heterocycles. The normalized spacial score (nSPS) is 14.5. The summed E-state index contributed by atoms with van der Waals surface area (Å²) in [6.45, 7) is 5.48. The molecular formula is C42H41ClF4N6O5. The fourth-order valence-electron chi connectivity index (χ4n) is 6.98. The topological polar surface area (TPSA) is 107 Å². The number of hydrogen-bond acceptors (Lipinski definition) is 8. The highest BCUT2D eigenvalue weighted by atomic mass is 35.5. The van der Waals surface area contributed by atoms with Gasteiger partial charge < -0.3 is 24.2 Å². The molecule has 1 saturated heterocycles. The highest BCUT2D eigenvalue weighted by Gasteiger charge is 2.30. The Bertz CT molecular complexity index is 2380. The minimum absolute atomic E-state index is 0.159. The molecule has 7 rings (SSSR count). The molecule has 58 heavy (non-hydrogen) atoms. The summed E-state index contributed by atoms with van der Waals surface area (Å²) in [4.78, 5) is 17.5. The van der Waals surface area contributed by atoms with Crippen molar-refractivity contribution in [2.75, 3.05) is 46.4 Å². The first kappa shape index (κ1) is 40.6. The number of benzene rings is 3. The number of ether oxygens (including phenoxy) is 3. The summed E-state index contributed by atoms with van der Waals surface area (Å²) in [5.41, 5.74) is 4.45. The molecule has 11 nitrogen and oxygen atoms in total. The van der Waals surface area contributed by atoms with Crippen LogP contribution in [0.2, 0.25) is 5.02 Å². The van der Waals surface area contributed by atoms with Gasteiger partial charge in [0.25, 0.3) is 0 Å². The summed E-state index contributed by atoms with van der Waals surface area (Å²) in [5, 5.41) is 19.2. The van der Waals surface area contributed by atoms with Crippen molar-refractivity contribution < 1.29 is 41.7 Å². The lowest BCUT2D eigenvalue weighted by Gasteiger charge is -2.32. The number of carboxylic acids is 1. The number of hydrogen-bond donors (Lipinski definition) is 1. The van der Waals surface area contributed by atoms with E-state index in [0.29, 0.717) is 56.3 Å². The number of fused-ring (bicyclic) bond motifs is 1. The van der Waals surface area contributed by atoms with Crippen LogP contribution in [0.25, 0.3) is 27.8 Å². The third-order valence-corrected chi connectivity index (χ3v) is 10.6. The number of carbonyl (C=O) groups is 1. The van der Waals surface area contributed by atoms with E-state index in [9.17, 15) is 27.5 Å². The minimum atomic E-state index is -4.48. The highest BCUT2D eigenvalue weighted by molar-refractivity contribution is 6.33. The maximum Gasteiger partial charge on any atom is 0.408 e. The number of nitrogens with zero attached hydrogens (tertiary/aromatic N) is 6. The number of carboxylic acid groups (broad SMARTS) is 1. The molecule has 3 aromatic heterocycles. The molecule has 1 fully saturated rings. The zero-order valence-electron chi connectivity index (χ0n) is 31.8. The van der Waals surface area contributed by atoms with Crippen molar-refractivity contribution in [3.8, 4) is 39.5 Å². The Balaban J connectivity index is 1.20. The molecule has 0 bridgehead atoms. The van der Waals surface area contributed by atoms with Crippen LogP contribution in [0.5, 0.6) is 17.2 Å². The van der Waals surface area contributed by atoms with Crippen LogP contribution in [-0.2, 0) is 24.4 Å². The molecule has 0 radical (unpaired) electrons. The number of piperazine rings is 1. The molecule has 16 heteroatoms. The van der Waals surface area contributed by atoms with Crippen LogP contribution in [-0.4, -0.2) is 98.9 Å². The average Bonchev–Trinajstić information content (AvgIpc) is 3.80. The Morgan fingerprint density at radius 3 is 2.38 bits per heavy atom. The third-order valence-electron chi connectivity index (χ3n) is 10.1. The van der Waals surface area contributed by atoms with Crippen molar-refractivity contribution in [3.63, 3.8) is 0 Å². The van der Waals surface area contributed by atoms with Crippen molar-refractivity contribution in [1.29, 1.82) is 0 Å². The second-order valence-corrected chi connectivity index (χ2v) is 14.5.